The molecule has 0 aliphatic carbocycles. The molecular formula is C25H28N4O3. The van der Waals surface area contributed by atoms with Gasteiger partial charge in [-0.25, -0.2) is 0 Å². The Balaban J connectivity index is 1.29. The van der Waals surface area contributed by atoms with Crippen LogP contribution in [0.15, 0.2) is 53.1 Å². The summed E-state index contributed by atoms with van der Waals surface area (Å²) in [5.41, 5.74) is 4.35. The lowest BCUT2D eigenvalue weighted by molar-refractivity contribution is -0.127. The van der Waals surface area contributed by atoms with Crippen molar-refractivity contribution >= 4 is 12.0 Å². The predicted octanol–water partition coefficient (Wildman–Crippen LogP) is 3.72. The zero-order chi connectivity index (χ0) is 22.5. The second-order valence-corrected chi connectivity index (χ2v) is 8.04. The van der Waals surface area contributed by atoms with Crippen molar-refractivity contribution in [3.05, 3.63) is 71.1 Å². The average molecular weight is 433 g/mol. The number of amides is 1. The van der Waals surface area contributed by atoms with E-state index < -0.39 is 0 Å². The summed E-state index contributed by atoms with van der Waals surface area (Å²) in [6.45, 7) is 7.59. The quantitative estimate of drug-likeness (QED) is 0.553. The Morgan fingerprint density at radius 2 is 1.84 bits per heavy atom. The van der Waals surface area contributed by atoms with Gasteiger partial charge in [0, 0.05) is 37.8 Å². The fraction of sp³-hybridized carbons (Fsp3) is 0.320. The molecule has 1 amide bonds. The number of rotatable bonds is 6. The van der Waals surface area contributed by atoms with Crippen molar-refractivity contribution in [2.24, 2.45) is 0 Å². The van der Waals surface area contributed by atoms with Crippen LogP contribution in [0, 0.1) is 13.8 Å². The zero-order valence-corrected chi connectivity index (χ0v) is 18.7. The minimum Gasteiger partial charge on any atom is -0.497 e. The van der Waals surface area contributed by atoms with Crippen molar-refractivity contribution in [1.82, 2.24) is 19.9 Å². The van der Waals surface area contributed by atoms with Gasteiger partial charge < -0.3 is 14.2 Å². The number of benzene rings is 2. The summed E-state index contributed by atoms with van der Waals surface area (Å²) in [4.78, 5) is 21.2. The van der Waals surface area contributed by atoms with E-state index in [-0.39, 0.29) is 5.91 Å². The molecule has 0 saturated carbocycles. The summed E-state index contributed by atoms with van der Waals surface area (Å²) in [5, 5.41) is 4.09. The summed E-state index contributed by atoms with van der Waals surface area (Å²) in [7, 11) is 1.63. The molecule has 1 aliphatic rings. The number of hydrogen-bond donors (Lipinski definition) is 0. The molecule has 0 unspecified atom stereocenters. The summed E-state index contributed by atoms with van der Waals surface area (Å²) < 4.78 is 10.6. The number of hydrogen-bond acceptors (Lipinski definition) is 6. The standard InChI is InChI=1S/C25H28N4O3/c1-18-4-5-20(19(2)16-18)8-11-24(30)29-14-12-28(13-15-29)17-23-26-25(27-32-23)21-6-9-22(31-3)10-7-21/h4-11,16H,12-15,17H2,1-3H3. The Morgan fingerprint density at radius 3 is 2.53 bits per heavy atom. The first-order valence-electron chi connectivity index (χ1n) is 10.8. The summed E-state index contributed by atoms with van der Waals surface area (Å²) in [5.74, 6) is 1.97. The molecule has 7 heteroatoms. The van der Waals surface area contributed by atoms with E-state index in [9.17, 15) is 4.79 Å². The van der Waals surface area contributed by atoms with Crippen LogP contribution < -0.4 is 4.74 Å². The topological polar surface area (TPSA) is 71.7 Å². The summed E-state index contributed by atoms with van der Waals surface area (Å²) in [6.07, 6.45) is 3.58. The minimum atomic E-state index is 0.0456. The fourth-order valence-corrected chi connectivity index (χ4v) is 3.77. The molecule has 0 atom stereocenters. The summed E-state index contributed by atoms with van der Waals surface area (Å²) in [6, 6.07) is 13.8. The van der Waals surface area contributed by atoms with E-state index >= 15 is 0 Å². The van der Waals surface area contributed by atoms with Gasteiger partial charge in [-0.3, -0.25) is 9.69 Å². The third kappa shape index (κ3) is 5.23. The zero-order valence-electron chi connectivity index (χ0n) is 18.7. The highest BCUT2D eigenvalue weighted by Gasteiger charge is 2.21. The number of piperazine rings is 1. The van der Waals surface area contributed by atoms with Crippen molar-refractivity contribution in [3.8, 4) is 17.1 Å². The van der Waals surface area contributed by atoms with Crippen LogP contribution in [0.4, 0.5) is 0 Å². The van der Waals surface area contributed by atoms with Crippen LogP contribution in [0.5, 0.6) is 5.75 Å². The van der Waals surface area contributed by atoms with Crippen molar-refractivity contribution in [3.63, 3.8) is 0 Å². The molecule has 4 rings (SSSR count). The van der Waals surface area contributed by atoms with E-state index in [1.54, 1.807) is 13.2 Å². The molecule has 7 nitrogen and oxygen atoms in total. The Labute approximate surface area is 188 Å². The van der Waals surface area contributed by atoms with Crippen LogP contribution >= 0.6 is 0 Å². The number of aromatic nitrogens is 2. The molecule has 0 N–H and O–H groups in total. The normalized spacial score (nSPS) is 14.8. The molecule has 1 saturated heterocycles. The number of aryl methyl sites for hydroxylation is 2. The van der Waals surface area contributed by atoms with Crippen LogP contribution in [0.3, 0.4) is 0 Å². The second-order valence-electron chi connectivity index (χ2n) is 8.04. The van der Waals surface area contributed by atoms with Gasteiger partial charge in [-0.2, -0.15) is 4.98 Å². The SMILES string of the molecule is COc1ccc(-c2noc(CN3CCN(C(=O)C=Cc4ccc(C)cc4C)CC3)n2)cc1. The fourth-order valence-electron chi connectivity index (χ4n) is 3.77. The monoisotopic (exact) mass is 432 g/mol. The van der Waals surface area contributed by atoms with E-state index in [1.807, 2.05) is 35.2 Å². The molecule has 1 aromatic heterocycles. The van der Waals surface area contributed by atoms with Crippen LogP contribution in [0.1, 0.15) is 22.6 Å². The molecule has 2 aromatic carbocycles. The first-order valence-corrected chi connectivity index (χ1v) is 10.8. The van der Waals surface area contributed by atoms with Crippen molar-refractivity contribution in [1.29, 1.82) is 0 Å². The number of nitrogens with zero attached hydrogens (tertiary/aromatic N) is 4. The molecule has 1 fully saturated rings. The maximum absolute atomic E-state index is 12.6. The minimum absolute atomic E-state index is 0.0456. The highest BCUT2D eigenvalue weighted by atomic mass is 16.5. The molecule has 0 radical (unpaired) electrons. The second kappa shape index (κ2) is 9.78. The molecule has 2 heterocycles. The van der Waals surface area contributed by atoms with E-state index in [1.165, 1.54) is 11.1 Å². The highest BCUT2D eigenvalue weighted by Crippen LogP contribution is 2.20. The lowest BCUT2D eigenvalue weighted by Gasteiger charge is -2.33. The van der Waals surface area contributed by atoms with Gasteiger partial charge in [0.25, 0.3) is 0 Å². The Hall–Kier alpha value is -3.45. The van der Waals surface area contributed by atoms with Gasteiger partial charge in [0.15, 0.2) is 0 Å². The third-order valence-corrected chi connectivity index (χ3v) is 5.69. The van der Waals surface area contributed by atoms with Gasteiger partial charge in [0.2, 0.25) is 17.6 Å². The van der Waals surface area contributed by atoms with Gasteiger partial charge in [-0.1, -0.05) is 28.9 Å². The smallest absolute Gasteiger partial charge is 0.246 e. The van der Waals surface area contributed by atoms with Gasteiger partial charge >= 0.3 is 0 Å². The third-order valence-electron chi connectivity index (χ3n) is 5.69. The predicted molar refractivity (Wildman–Crippen MR) is 123 cm³/mol. The molecule has 0 spiro atoms. The lowest BCUT2D eigenvalue weighted by atomic mass is 10.1. The van der Waals surface area contributed by atoms with Crippen molar-refractivity contribution in [2.45, 2.75) is 20.4 Å². The van der Waals surface area contributed by atoms with Gasteiger partial charge in [-0.05, 0) is 55.3 Å². The highest BCUT2D eigenvalue weighted by molar-refractivity contribution is 5.92. The Morgan fingerprint density at radius 1 is 1.09 bits per heavy atom. The molecule has 166 valence electrons. The Bertz CT molecular complexity index is 1100. The maximum atomic E-state index is 12.6. The lowest BCUT2D eigenvalue weighted by Crippen LogP contribution is -2.47. The number of carbonyl (C=O) groups excluding carboxylic acids is 1. The van der Waals surface area contributed by atoms with E-state index in [0.29, 0.717) is 31.3 Å². The molecule has 1 aliphatic heterocycles. The molecule has 3 aromatic rings. The number of methoxy groups -OCH3 is 1. The van der Waals surface area contributed by atoms with E-state index in [4.69, 9.17) is 9.26 Å². The number of ether oxygens (including phenoxy) is 1. The van der Waals surface area contributed by atoms with Crippen LogP contribution in [-0.2, 0) is 11.3 Å². The molecule has 32 heavy (non-hydrogen) atoms. The maximum Gasteiger partial charge on any atom is 0.246 e. The van der Waals surface area contributed by atoms with Crippen LogP contribution in [-0.4, -0.2) is 59.1 Å². The van der Waals surface area contributed by atoms with Gasteiger partial charge in [0.1, 0.15) is 5.75 Å². The molecule has 0 bridgehead atoms. The van der Waals surface area contributed by atoms with Crippen molar-refractivity contribution < 1.29 is 14.1 Å². The van der Waals surface area contributed by atoms with Crippen molar-refractivity contribution in [2.75, 3.05) is 33.3 Å². The van der Waals surface area contributed by atoms with E-state index in [0.717, 1.165) is 30.0 Å². The molecular weight excluding hydrogens is 404 g/mol. The average Bonchev–Trinajstić information content (AvgIpc) is 3.27. The van der Waals surface area contributed by atoms with Crippen LogP contribution in [0.25, 0.3) is 17.5 Å². The van der Waals surface area contributed by atoms with Gasteiger partial charge in [0.05, 0.1) is 13.7 Å². The first kappa shape index (κ1) is 21.8. The largest absolute Gasteiger partial charge is 0.497 e. The van der Waals surface area contributed by atoms with Crippen LogP contribution in [0.2, 0.25) is 0 Å². The Kier molecular flexibility index (Phi) is 6.66. The van der Waals surface area contributed by atoms with E-state index in [2.05, 4.69) is 47.1 Å². The van der Waals surface area contributed by atoms with Gasteiger partial charge in [-0.15, -0.1) is 0 Å². The summed E-state index contributed by atoms with van der Waals surface area (Å²) >= 11 is 0. The first-order chi connectivity index (χ1) is 15.5. The number of carbonyl (C=O) groups is 1.